The first-order valence-electron chi connectivity index (χ1n) is 7.57. The molecule has 0 aliphatic rings. The van der Waals surface area contributed by atoms with Gasteiger partial charge in [-0.25, -0.2) is 15.0 Å². The van der Waals surface area contributed by atoms with Gasteiger partial charge in [0.25, 0.3) is 0 Å². The summed E-state index contributed by atoms with van der Waals surface area (Å²) >= 11 is 3.01. The van der Waals surface area contributed by atoms with Crippen LogP contribution < -0.4 is 16.2 Å². The van der Waals surface area contributed by atoms with Crippen molar-refractivity contribution >= 4 is 34.6 Å². The molecule has 0 saturated heterocycles. The predicted octanol–water partition coefficient (Wildman–Crippen LogP) is 3.25. The average molecular weight is 384 g/mol. The van der Waals surface area contributed by atoms with Gasteiger partial charge in [0.1, 0.15) is 23.2 Å². The van der Waals surface area contributed by atoms with Gasteiger partial charge in [0.2, 0.25) is 0 Å². The van der Waals surface area contributed by atoms with Crippen molar-refractivity contribution < 1.29 is 4.74 Å². The van der Waals surface area contributed by atoms with Crippen LogP contribution in [0.3, 0.4) is 0 Å². The molecule has 0 saturated carbocycles. The normalized spacial score (nSPS) is 10.5. The van der Waals surface area contributed by atoms with Crippen LogP contribution in [0.15, 0.2) is 28.7 Å². The molecule has 1 aromatic carbocycles. The number of nitriles is 1. The molecule has 0 unspecified atom stereocenters. The number of nitrogens with zero attached hydrogens (tertiary/aromatic N) is 4. The van der Waals surface area contributed by atoms with E-state index in [1.165, 1.54) is 18.9 Å². The number of aromatic nitrogens is 3. The lowest BCUT2D eigenvalue weighted by molar-refractivity contribution is 0.417. The molecule has 0 aliphatic heterocycles. The van der Waals surface area contributed by atoms with Crippen molar-refractivity contribution in [2.24, 2.45) is 0 Å². The van der Waals surface area contributed by atoms with Gasteiger partial charge in [-0.1, -0.05) is 17.8 Å². The highest BCUT2D eigenvalue weighted by atomic mass is 32.2. The Morgan fingerprint density at radius 1 is 1.27 bits per heavy atom. The summed E-state index contributed by atoms with van der Waals surface area (Å²) in [7, 11) is 1.53. The van der Waals surface area contributed by atoms with E-state index in [0.717, 1.165) is 10.7 Å². The second kappa shape index (κ2) is 7.59. The number of methoxy groups -OCH3 is 1. The molecule has 3 rings (SSSR count). The number of rotatable bonds is 5. The minimum Gasteiger partial charge on any atom is -0.495 e. The highest BCUT2D eigenvalue weighted by molar-refractivity contribution is 7.98. The van der Waals surface area contributed by atoms with Gasteiger partial charge in [0.05, 0.1) is 29.2 Å². The van der Waals surface area contributed by atoms with Crippen LogP contribution in [-0.2, 0) is 5.75 Å². The Morgan fingerprint density at radius 3 is 2.73 bits per heavy atom. The lowest BCUT2D eigenvalue weighted by Gasteiger charge is -2.10. The highest BCUT2D eigenvalue weighted by Gasteiger charge is 2.16. The van der Waals surface area contributed by atoms with Crippen LogP contribution >= 0.6 is 23.1 Å². The lowest BCUT2D eigenvalue weighted by Crippen LogP contribution is -2.03. The summed E-state index contributed by atoms with van der Waals surface area (Å²) in [6.07, 6.45) is 0. The number of nitrogens with two attached hydrogens (primary N) is 2. The van der Waals surface area contributed by atoms with Crippen LogP contribution in [0, 0.1) is 18.3 Å². The van der Waals surface area contributed by atoms with Gasteiger partial charge < -0.3 is 16.2 Å². The van der Waals surface area contributed by atoms with Crippen LogP contribution in [0.2, 0.25) is 0 Å². The van der Waals surface area contributed by atoms with Gasteiger partial charge in [-0.15, -0.1) is 11.3 Å². The molecule has 7 nitrogen and oxygen atoms in total. The molecule has 0 bridgehead atoms. The number of hydrogen-bond donors (Lipinski definition) is 2. The van der Waals surface area contributed by atoms with Crippen LogP contribution in [0.5, 0.6) is 5.75 Å². The van der Waals surface area contributed by atoms with Crippen LogP contribution in [0.1, 0.15) is 16.3 Å². The zero-order valence-corrected chi connectivity index (χ0v) is 15.8. The monoisotopic (exact) mass is 384 g/mol. The molecule has 9 heteroatoms. The minimum absolute atomic E-state index is 0.144. The van der Waals surface area contributed by atoms with Crippen LogP contribution in [0.4, 0.5) is 11.5 Å². The second-order valence-corrected chi connectivity index (χ2v) is 7.33. The van der Waals surface area contributed by atoms with E-state index in [9.17, 15) is 5.26 Å². The van der Waals surface area contributed by atoms with Gasteiger partial charge in [0, 0.05) is 16.7 Å². The Balaban J connectivity index is 1.98. The fourth-order valence-corrected chi connectivity index (χ4v) is 3.77. The van der Waals surface area contributed by atoms with E-state index in [1.807, 2.05) is 12.3 Å². The summed E-state index contributed by atoms with van der Waals surface area (Å²) in [5, 5.41) is 13.0. The lowest BCUT2D eigenvalue weighted by atomic mass is 10.1. The van der Waals surface area contributed by atoms with E-state index in [2.05, 4.69) is 21.0 Å². The second-order valence-electron chi connectivity index (χ2n) is 5.33. The maximum absolute atomic E-state index is 9.46. The van der Waals surface area contributed by atoms with Crippen molar-refractivity contribution in [2.75, 3.05) is 18.6 Å². The number of aryl methyl sites for hydroxylation is 1. The molecular formula is C17H16N6OS2. The Labute approximate surface area is 159 Å². The summed E-state index contributed by atoms with van der Waals surface area (Å²) in [5.41, 5.74) is 14.7. The van der Waals surface area contributed by atoms with E-state index < -0.39 is 0 Å². The smallest absolute Gasteiger partial charge is 0.190 e. The van der Waals surface area contributed by atoms with E-state index in [0.29, 0.717) is 33.6 Å². The molecule has 26 heavy (non-hydrogen) atoms. The van der Waals surface area contributed by atoms with Crippen molar-refractivity contribution in [1.29, 1.82) is 5.26 Å². The summed E-state index contributed by atoms with van der Waals surface area (Å²) < 4.78 is 5.25. The molecule has 132 valence electrons. The predicted molar refractivity (Wildman–Crippen MR) is 104 cm³/mol. The average Bonchev–Trinajstić information content (AvgIpc) is 3.05. The van der Waals surface area contributed by atoms with Gasteiger partial charge in [0.15, 0.2) is 5.16 Å². The Hall–Kier alpha value is -2.83. The first kappa shape index (κ1) is 18.0. The summed E-state index contributed by atoms with van der Waals surface area (Å²) in [6, 6.07) is 7.29. The number of nitrogen functional groups attached to an aromatic ring is 2. The van der Waals surface area contributed by atoms with Crippen molar-refractivity contribution in [1.82, 2.24) is 15.0 Å². The zero-order chi connectivity index (χ0) is 18.7. The quantitative estimate of drug-likeness (QED) is 0.390. The van der Waals surface area contributed by atoms with Crippen LogP contribution in [-0.4, -0.2) is 22.1 Å². The van der Waals surface area contributed by atoms with Gasteiger partial charge >= 0.3 is 0 Å². The molecular weight excluding hydrogens is 368 g/mol. The molecule has 3 aromatic rings. The first-order valence-corrected chi connectivity index (χ1v) is 9.43. The maximum atomic E-state index is 9.46. The zero-order valence-electron chi connectivity index (χ0n) is 14.2. The molecule has 0 atom stereocenters. The third kappa shape index (κ3) is 3.71. The Morgan fingerprint density at radius 2 is 2.08 bits per heavy atom. The minimum atomic E-state index is 0.144. The largest absolute Gasteiger partial charge is 0.495 e. The number of hydrogen-bond acceptors (Lipinski definition) is 9. The standard InChI is InChI=1S/C17H16N6OS2/c1-9-21-11(7-25-9)8-26-17-22-15(12(6-18)16(20)23-17)10-3-4-13(19)14(5-10)24-2/h3-5,7H,8,19H2,1-2H3,(H2,20,22,23). The van der Waals surface area contributed by atoms with Gasteiger partial charge in [-0.05, 0) is 19.1 Å². The van der Waals surface area contributed by atoms with Crippen molar-refractivity contribution in [3.63, 3.8) is 0 Å². The molecule has 0 amide bonds. The number of thioether (sulfide) groups is 1. The molecule has 0 aliphatic carbocycles. The fraction of sp³-hybridized carbons (Fsp3) is 0.176. The fourth-order valence-electron chi connectivity index (χ4n) is 2.31. The summed E-state index contributed by atoms with van der Waals surface area (Å²) in [6.45, 7) is 1.96. The van der Waals surface area contributed by atoms with Gasteiger partial charge in [-0.3, -0.25) is 0 Å². The van der Waals surface area contributed by atoms with Gasteiger partial charge in [-0.2, -0.15) is 5.26 Å². The number of benzene rings is 1. The third-order valence-corrected chi connectivity index (χ3v) is 5.25. The number of anilines is 2. The van der Waals surface area contributed by atoms with E-state index in [1.54, 1.807) is 29.5 Å². The summed E-state index contributed by atoms with van der Waals surface area (Å²) in [4.78, 5) is 13.2. The van der Waals surface area contributed by atoms with Crippen molar-refractivity contribution in [3.05, 3.63) is 39.8 Å². The first-order chi connectivity index (χ1) is 12.5. The SMILES string of the molecule is COc1cc(-c2nc(SCc3csc(C)n3)nc(N)c2C#N)ccc1N. The number of ether oxygens (including phenoxy) is 1. The van der Waals surface area contributed by atoms with E-state index >= 15 is 0 Å². The van der Waals surface area contributed by atoms with Crippen LogP contribution in [0.25, 0.3) is 11.3 Å². The van der Waals surface area contributed by atoms with Crippen molar-refractivity contribution in [3.8, 4) is 23.1 Å². The topological polar surface area (TPSA) is 124 Å². The van der Waals surface area contributed by atoms with E-state index in [4.69, 9.17) is 16.2 Å². The maximum Gasteiger partial charge on any atom is 0.190 e. The highest BCUT2D eigenvalue weighted by Crippen LogP contribution is 2.32. The summed E-state index contributed by atoms with van der Waals surface area (Å²) in [5.74, 6) is 1.28. The molecule has 4 N–H and O–H groups in total. The molecule has 0 spiro atoms. The Kier molecular flexibility index (Phi) is 5.25. The van der Waals surface area contributed by atoms with E-state index in [-0.39, 0.29) is 11.4 Å². The number of thiazole rings is 1. The van der Waals surface area contributed by atoms with Crippen molar-refractivity contribution in [2.45, 2.75) is 17.8 Å². The molecule has 2 heterocycles. The third-order valence-electron chi connectivity index (χ3n) is 3.55. The molecule has 0 fully saturated rings. The molecule has 0 radical (unpaired) electrons. The molecule has 2 aromatic heterocycles. The Bertz CT molecular complexity index is 995.